The predicted molar refractivity (Wildman–Crippen MR) is 33.0 cm³/mol. The van der Waals surface area contributed by atoms with Crippen molar-refractivity contribution < 1.29 is 0 Å². The molecule has 0 heterocycles. The molecule has 0 saturated carbocycles. The van der Waals surface area contributed by atoms with Crippen LogP contribution in [0.25, 0.3) is 0 Å². The molecule has 0 bridgehead atoms. The van der Waals surface area contributed by atoms with Gasteiger partial charge in [-0.05, 0) is 24.9 Å². The van der Waals surface area contributed by atoms with Gasteiger partial charge < -0.3 is 0 Å². The molecule has 0 rings (SSSR count). The molecule has 0 aliphatic rings. The van der Waals surface area contributed by atoms with Gasteiger partial charge in [0.1, 0.15) is 0 Å². The molecule has 0 atom stereocenters. The summed E-state index contributed by atoms with van der Waals surface area (Å²) in [5, 5.41) is 0. The molecule has 0 aliphatic carbocycles. The van der Waals surface area contributed by atoms with E-state index in [-0.39, 0.29) is 0 Å². The molecule has 1 radical (unpaired) electrons. The maximum atomic E-state index is 2.19. The molecule has 0 amide bonds. The highest BCUT2D eigenvalue weighted by Gasteiger charge is 1.75. The Hall–Kier alpha value is 0.350. The molecule has 0 aromatic heterocycles. The number of thioether (sulfide) groups is 1. The molecular formula is C5H11S. The van der Waals surface area contributed by atoms with Crippen molar-refractivity contribution in [1.82, 2.24) is 0 Å². The van der Waals surface area contributed by atoms with E-state index in [4.69, 9.17) is 0 Å². The van der Waals surface area contributed by atoms with E-state index >= 15 is 0 Å². The Kier molecular flexibility index (Phi) is 5.66. The molecule has 37 valence electrons. The lowest BCUT2D eigenvalue weighted by Crippen LogP contribution is -1.72. The molecule has 0 aromatic rings. The van der Waals surface area contributed by atoms with Gasteiger partial charge in [0.25, 0.3) is 0 Å². The van der Waals surface area contributed by atoms with Crippen molar-refractivity contribution in [3.05, 3.63) is 6.42 Å². The van der Waals surface area contributed by atoms with Crippen LogP contribution in [-0.2, 0) is 0 Å². The smallest absolute Gasteiger partial charge is 0.00677 e. The van der Waals surface area contributed by atoms with Crippen LogP contribution in [0, 0.1) is 6.42 Å². The first-order valence-electron chi connectivity index (χ1n) is 2.18. The Labute approximate surface area is 44.3 Å². The summed E-state index contributed by atoms with van der Waals surface area (Å²) >= 11 is 1.89. The number of rotatable bonds is 3. The summed E-state index contributed by atoms with van der Waals surface area (Å²) in [5.74, 6) is 1.27. The normalized spacial score (nSPS) is 9.00. The van der Waals surface area contributed by atoms with E-state index in [0.29, 0.717) is 0 Å². The summed E-state index contributed by atoms with van der Waals surface area (Å²) in [4.78, 5) is 0. The van der Waals surface area contributed by atoms with Gasteiger partial charge in [0.15, 0.2) is 0 Å². The van der Waals surface area contributed by atoms with Crippen LogP contribution in [0.15, 0.2) is 0 Å². The summed E-state index contributed by atoms with van der Waals surface area (Å²) in [5.41, 5.74) is 0. The minimum absolute atomic E-state index is 1.25. The summed E-state index contributed by atoms with van der Waals surface area (Å²) in [7, 11) is 0. The average Bonchev–Trinajstić information content (AvgIpc) is 1.61. The van der Waals surface area contributed by atoms with Gasteiger partial charge in [0, 0.05) is 0 Å². The van der Waals surface area contributed by atoms with Crippen molar-refractivity contribution >= 4 is 11.8 Å². The number of hydrogen-bond acceptors (Lipinski definition) is 1. The van der Waals surface area contributed by atoms with Crippen LogP contribution in [0.5, 0.6) is 0 Å². The summed E-state index contributed by atoms with van der Waals surface area (Å²) in [6.07, 6.45) is 5.57. The average molecular weight is 103 g/mol. The lowest BCUT2D eigenvalue weighted by molar-refractivity contribution is 1.11. The summed E-state index contributed by atoms with van der Waals surface area (Å²) in [6.45, 7) is 2.09. The zero-order valence-corrected chi connectivity index (χ0v) is 5.22. The standard InChI is InChI=1S/C5H11S/c1-3-4-5-6-2/h3H,4-5H2,1-2H3. The lowest BCUT2D eigenvalue weighted by atomic mass is 10.4. The second-order valence-corrected chi connectivity index (χ2v) is 2.18. The first kappa shape index (κ1) is 6.35. The van der Waals surface area contributed by atoms with E-state index in [2.05, 4.69) is 19.6 Å². The molecule has 0 N–H and O–H groups in total. The lowest BCUT2D eigenvalue weighted by Gasteiger charge is -1.86. The van der Waals surface area contributed by atoms with Gasteiger partial charge >= 0.3 is 0 Å². The van der Waals surface area contributed by atoms with Crippen LogP contribution in [0.2, 0.25) is 0 Å². The highest BCUT2D eigenvalue weighted by Crippen LogP contribution is 1.95. The van der Waals surface area contributed by atoms with E-state index in [1.54, 1.807) is 0 Å². The van der Waals surface area contributed by atoms with Gasteiger partial charge in [0.2, 0.25) is 0 Å². The zero-order valence-electron chi connectivity index (χ0n) is 4.40. The third-order valence-corrected chi connectivity index (χ3v) is 1.25. The van der Waals surface area contributed by atoms with Crippen molar-refractivity contribution in [3.63, 3.8) is 0 Å². The van der Waals surface area contributed by atoms with Crippen LogP contribution in [0.4, 0.5) is 0 Å². The monoisotopic (exact) mass is 103 g/mol. The van der Waals surface area contributed by atoms with Gasteiger partial charge in [-0.3, -0.25) is 0 Å². The van der Waals surface area contributed by atoms with E-state index in [1.807, 2.05) is 11.8 Å². The van der Waals surface area contributed by atoms with Crippen LogP contribution < -0.4 is 0 Å². The molecule has 0 saturated heterocycles. The second kappa shape index (κ2) is 5.35. The van der Waals surface area contributed by atoms with Crippen molar-refractivity contribution in [2.24, 2.45) is 0 Å². The van der Waals surface area contributed by atoms with Crippen LogP contribution in [-0.4, -0.2) is 12.0 Å². The number of hydrogen-bond donors (Lipinski definition) is 0. The fraction of sp³-hybridized carbons (Fsp3) is 0.800. The van der Waals surface area contributed by atoms with Crippen molar-refractivity contribution in [2.45, 2.75) is 13.3 Å². The summed E-state index contributed by atoms with van der Waals surface area (Å²) in [6, 6.07) is 0. The largest absolute Gasteiger partial charge is 0.165 e. The Morgan fingerprint density at radius 2 is 2.33 bits per heavy atom. The quantitative estimate of drug-likeness (QED) is 0.492. The van der Waals surface area contributed by atoms with Crippen LogP contribution >= 0.6 is 11.8 Å². The van der Waals surface area contributed by atoms with E-state index in [9.17, 15) is 0 Å². The molecule has 6 heavy (non-hydrogen) atoms. The van der Waals surface area contributed by atoms with Crippen LogP contribution in [0.3, 0.4) is 0 Å². The predicted octanol–water partition coefficient (Wildman–Crippen LogP) is 1.96. The third-order valence-electron chi connectivity index (χ3n) is 0.611. The first-order valence-corrected chi connectivity index (χ1v) is 3.58. The maximum Gasteiger partial charge on any atom is -0.00677 e. The highest BCUT2D eigenvalue weighted by molar-refractivity contribution is 7.98. The first-order chi connectivity index (χ1) is 2.91. The van der Waals surface area contributed by atoms with Crippen molar-refractivity contribution in [1.29, 1.82) is 0 Å². The Balaban J connectivity index is 2.34. The minimum atomic E-state index is 1.25. The fourth-order valence-electron chi connectivity index (χ4n) is 0.236. The molecule has 0 aromatic carbocycles. The molecule has 0 aliphatic heterocycles. The minimum Gasteiger partial charge on any atom is -0.165 e. The highest BCUT2D eigenvalue weighted by atomic mass is 32.2. The molecule has 0 spiro atoms. The van der Waals surface area contributed by atoms with E-state index < -0.39 is 0 Å². The van der Waals surface area contributed by atoms with Crippen molar-refractivity contribution in [2.75, 3.05) is 12.0 Å². The van der Waals surface area contributed by atoms with Crippen LogP contribution in [0.1, 0.15) is 13.3 Å². The molecule has 0 nitrogen and oxygen atoms in total. The Bertz CT molecular complexity index is 15.9. The SMILES string of the molecule is C[CH]CCSC. The van der Waals surface area contributed by atoms with Crippen molar-refractivity contribution in [3.8, 4) is 0 Å². The Morgan fingerprint density at radius 3 is 2.50 bits per heavy atom. The Morgan fingerprint density at radius 1 is 1.67 bits per heavy atom. The fourth-order valence-corrected chi connectivity index (χ4v) is 0.707. The molecular weight excluding hydrogens is 92.1 g/mol. The van der Waals surface area contributed by atoms with E-state index in [0.717, 1.165) is 0 Å². The van der Waals surface area contributed by atoms with E-state index in [1.165, 1.54) is 12.2 Å². The summed E-state index contributed by atoms with van der Waals surface area (Å²) < 4.78 is 0. The number of unbranched alkanes of at least 4 members (excludes halogenated alkanes) is 1. The second-order valence-electron chi connectivity index (χ2n) is 1.19. The third kappa shape index (κ3) is 4.35. The van der Waals surface area contributed by atoms with Gasteiger partial charge in [-0.1, -0.05) is 6.92 Å². The van der Waals surface area contributed by atoms with Gasteiger partial charge in [-0.25, -0.2) is 0 Å². The van der Waals surface area contributed by atoms with Gasteiger partial charge in [-0.2, -0.15) is 11.8 Å². The maximum absolute atomic E-state index is 2.19. The topological polar surface area (TPSA) is 0 Å². The molecule has 0 fully saturated rings. The van der Waals surface area contributed by atoms with Gasteiger partial charge in [0.05, 0.1) is 0 Å². The molecule has 1 heteroatoms. The zero-order chi connectivity index (χ0) is 4.83. The van der Waals surface area contributed by atoms with Gasteiger partial charge in [-0.15, -0.1) is 0 Å². The molecule has 0 unspecified atom stereocenters.